The van der Waals surface area contributed by atoms with Gasteiger partial charge in [0.2, 0.25) is 0 Å². The molecule has 0 amide bonds. The number of nitrogens with one attached hydrogen (secondary N) is 1. The van der Waals surface area contributed by atoms with Gasteiger partial charge in [-0.15, -0.1) is 0 Å². The first-order chi connectivity index (χ1) is 7.04. The van der Waals surface area contributed by atoms with E-state index < -0.39 is 11.6 Å². The largest absolute Gasteiger partial charge is 0.395 e. The molecule has 1 aromatic rings. The van der Waals surface area contributed by atoms with Gasteiger partial charge in [-0.2, -0.15) is 0 Å². The molecule has 0 aliphatic heterocycles. The highest BCUT2D eigenvalue weighted by atomic mass is 19.2. The molecule has 2 N–H and O–H groups in total. The highest BCUT2D eigenvalue weighted by molar-refractivity contribution is 5.20. The summed E-state index contributed by atoms with van der Waals surface area (Å²) in [5.41, 5.74) is 0.661. The fourth-order valence-electron chi connectivity index (χ4n) is 1.36. The fraction of sp³-hybridized carbons (Fsp3) is 0.455. The van der Waals surface area contributed by atoms with Crippen molar-refractivity contribution in [3.8, 4) is 0 Å². The fourth-order valence-corrected chi connectivity index (χ4v) is 1.36. The molecule has 0 spiro atoms. The van der Waals surface area contributed by atoms with E-state index in [2.05, 4.69) is 5.32 Å². The molecule has 0 radical (unpaired) electrons. The minimum absolute atomic E-state index is 0.00795. The van der Waals surface area contributed by atoms with Gasteiger partial charge >= 0.3 is 0 Å². The molecular formula is C11H15F2NO. The molecule has 84 valence electrons. The molecule has 0 heterocycles. The van der Waals surface area contributed by atoms with Gasteiger partial charge in [-0.25, -0.2) is 8.78 Å². The van der Waals surface area contributed by atoms with Gasteiger partial charge in [-0.1, -0.05) is 6.07 Å². The van der Waals surface area contributed by atoms with Crippen molar-refractivity contribution >= 4 is 0 Å². The van der Waals surface area contributed by atoms with Crippen LogP contribution < -0.4 is 5.32 Å². The topological polar surface area (TPSA) is 32.3 Å². The molecule has 0 fully saturated rings. The number of aliphatic hydroxyl groups is 1. The van der Waals surface area contributed by atoms with E-state index in [1.165, 1.54) is 6.07 Å². The number of halogens is 2. The number of aliphatic hydroxyl groups excluding tert-OH is 1. The summed E-state index contributed by atoms with van der Waals surface area (Å²) in [6.45, 7) is 3.66. The molecular weight excluding hydrogens is 200 g/mol. The van der Waals surface area contributed by atoms with Gasteiger partial charge in [0.15, 0.2) is 11.6 Å². The highest BCUT2D eigenvalue weighted by Gasteiger charge is 2.10. The Hall–Kier alpha value is -1.00. The van der Waals surface area contributed by atoms with Gasteiger partial charge in [-0.3, -0.25) is 0 Å². The van der Waals surface area contributed by atoms with E-state index in [1.54, 1.807) is 0 Å². The zero-order valence-electron chi connectivity index (χ0n) is 8.80. The van der Waals surface area contributed by atoms with Crippen LogP contribution in [0.25, 0.3) is 0 Å². The van der Waals surface area contributed by atoms with Gasteiger partial charge in [0.1, 0.15) is 0 Å². The smallest absolute Gasteiger partial charge is 0.159 e. The molecule has 0 bridgehead atoms. The molecule has 0 aromatic heterocycles. The Labute approximate surface area is 87.9 Å². The first kappa shape index (κ1) is 12.1. The van der Waals surface area contributed by atoms with E-state index in [1.807, 2.05) is 13.8 Å². The molecule has 2 atom stereocenters. The van der Waals surface area contributed by atoms with Crippen molar-refractivity contribution < 1.29 is 13.9 Å². The van der Waals surface area contributed by atoms with Crippen LogP contribution in [0.4, 0.5) is 8.78 Å². The van der Waals surface area contributed by atoms with Crippen LogP contribution in [-0.4, -0.2) is 17.8 Å². The van der Waals surface area contributed by atoms with Gasteiger partial charge in [0.25, 0.3) is 0 Å². The second-order valence-electron chi connectivity index (χ2n) is 3.65. The maximum Gasteiger partial charge on any atom is 0.159 e. The summed E-state index contributed by atoms with van der Waals surface area (Å²) in [7, 11) is 0. The number of hydrogen-bond acceptors (Lipinski definition) is 2. The molecule has 4 heteroatoms. The lowest BCUT2D eigenvalue weighted by Crippen LogP contribution is -2.31. The Balaban J connectivity index is 2.73. The van der Waals surface area contributed by atoms with Crippen LogP contribution in [0, 0.1) is 11.6 Å². The van der Waals surface area contributed by atoms with E-state index >= 15 is 0 Å². The number of rotatable bonds is 4. The van der Waals surface area contributed by atoms with Gasteiger partial charge in [-0.05, 0) is 31.5 Å². The predicted octanol–water partition coefficient (Wildman–Crippen LogP) is 2.00. The summed E-state index contributed by atoms with van der Waals surface area (Å²) >= 11 is 0. The van der Waals surface area contributed by atoms with Crippen LogP contribution >= 0.6 is 0 Å². The van der Waals surface area contributed by atoms with Crippen LogP contribution in [0.15, 0.2) is 18.2 Å². The molecule has 0 saturated heterocycles. The van der Waals surface area contributed by atoms with Crippen molar-refractivity contribution in [1.29, 1.82) is 0 Å². The van der Waals surface area contributed by atoms with Crippen LogP contribution in [-0.2, 0) is 0 Å². The summed E-state index contributed by atoms with van der Waals surface area (Å²) in [5, 5.41) is 11.9. The average Bonchev–Trinajstić information content (AvgIpc) is 2.21. The van der Waals surface area contributed by atoms with E-state index in [9.17, 15) is 8.78 Å². The Bertz CT molecular complexity index is 330. The minimum atomic E-state index is -0.849. The molecule has 0 unspecified atom stereocenters. The molecule has 0 aliphatic rings. The Kier molecular flexibility index (Phi) is 4.17. The van der Waals surface area contributed by atoms with Gasteiger partial charge in [0.05, 0.1) is 6.61 Å². The first-order valence-corrected chi connectivity index (χ1v) is 4.86. The van der Waals surface area contributed by atoms with E-state index in [-0.39, 0.29) is 18.7 Å². The number of benzene rings is 1. The third kappa shape index (κ3) is 3.25. The van der Waals surface area contributed by atoms with Crippen LogP contribution in [0.1, 0.15) is 25.5 Å². The third-order valence-electron chi connectivity index (χ3n) is 2.25. The molecule has 0 saturated carbocycles. The van der Waals surface area contributed by atoms with Crippen LogP contribution in [0.5, 0.6) is 0 Å². The quantitative estimate of drug-likeness (QED) is 0.805. The van der Waals surface area contributed by atoms with Crippen LogP contribution in [0.2, 0.25) is 0 Å². The maximum absolute atomic E-state index is 12.9. The second-order valence-corrected chi connectivity index (χ2v) is 3.65. The van der Waals surface area contributed by atoms with Gasteiger partial charge in [0, 0.05) is 12.1 Å². The summed E-state index contributed by atoms with van der Waals surface area (Å²) in [6.07, 6.45) is 0. The molecule has 0 aliphatic carbocycles. The lowest BCUT2D eigenvalue weighted by molar-refractivity contribution is 0.243. The highest BCUT2D eigenvalue weighted by Crippen LogP contribution is 2.16. The Morgan fingerprint density at radius 1 is 1.27 bits per heavy atom. The predicted molar refractivity (Wildman–Crippen MR) is 54.5 cm³/mol. The van der Waals surface area contributed by atoms with Crippen molar-refractivity contribution in [2.45, 2.75) is 25.9 Å². The van der Waals surface area contributed by atoms with Crippen molar-refractivity contribution in [2.24, 2.45) is 0 Å². The normalized spacial score (nSPS) is 15.0. The average molecular weight is 215 g/mol. The summed E-state index contributed by atoms with van der Waals surface area (Å²) in [4.78, 5) is 0. The van der Waals surface area contributed by atoms with Crippen LogP contribution in [0.3, 0.4) is 0 Å². The van der Waals surface area contributed by atoms with E-state index in [0.29, 0.717) is 5.56 Å². The van der Waals surface area contributed by atoms with Crippen molar-refractivity contribution in [2.75, 3.05) is 6.61 Å². The van der Waals surface area contributed by atoms with Crippen molar-refractivity contribution in [3.05, 3.63) is 35.4 Å². The SMILES string of the molecule is C[C@H](CO)N[C@@H](C)c1ccc(F)c(F)c1. The van der Waals surface area contributed by atoms with Gasteiger partial charge < -0.3 is 10.4 Å². The van der Waals surface area contributed by atoms with Crippen molar-refractivity contribution in [3.63, 3.8) is 0 Å². The summed E-state index contributed by atoms with van der Waals surface area (Å²) in [6, 6.07) is 3.60. The summed E-state index contributed by atoms with van der Waals surface area (Å²) in [5.74, 6) is -1.70. The lowest BCUT2D eigenvalue weighted by atomic mass is 10.1. The van der Waals surface area contributed by atoms with E-state index in [0.717, 1.165) is 12.1 Å². The summed E-state index contributed by atoms with van der Waals surface area (Å²) < 4.78 is 25.6. The Morgan fingerprint density at radius 3 is 2.47 bits per heavy atom. The standard InChI is InChI=1S/C11H15F2NO/c1-7(6-15)14-8(2)9-3-4-10(12)11(13)5-9/h3-5,7-8,14-15H,6H2,1-2H3/t7-,8+/m1/s1. The molecule has 2 nitrogen and oxygen atoms in total. The van der Waals surface area contributed by atoms with Crippen molar-refractivity contribution in [1.82, 2.24) is 5.32 Å². The lowest BCUT2D eigenvalue weighted by Gasteiger charge is -2.18. The number of hydrogen-bond donors (Lipinski definition) is 2. The monoisotopic (exact) mass is 215 g/mol. The zero-order valence-corrected chi connectivity index (χ0v) is 8.80. The Morgan fingerprint density at radius 2 is 1.93 bits per heavy atom. The molecule has 1 aromatic carbocycles. The molecule has 15 heavy (non-hydrogen) atoms. The maximum atomic E-state index is 12.9. The third-order valence-corrected chi connectivity index (χ3v) is 2.25. The second kappa shape index (κ2) is 5.19. The minimum Gasteiger partial charge on any atom is -0.395 e. The molecule has 1 rings (SSSR count). The van der Waals surface area contributed by atoms with E-state index in [4.69, 9.17) is 5.11 Å². The first-order valence-electron chi connectivity index (χ1n) is 4.86. The zero-order chi connectivity index (χ0) is 11.4.